The van der Waals surface area contributed by atoms with E-state index in [1.807, 2.05) is 36.1 Å². The number of amides is 1. The molecule has 1 aliphatic rings. The van der Waals surface area contributed by atoms with E-state index in [-0.39, 0.29) is 16.7 Å². The molecule has 0 atom stereocenters. The van der Waals surface area contributed by atoms with Crippen LogP contribution in [0.3, 0.4) is 0 Å². The molecule has 8 nitrogen and oxygen atoms in total. The average molecular weight is 428 g/mol. The summed E-state index contributed by atoms with van der Waals surface area (Å²) in [5.41, 5.74) is 7.56. The number of primary amides is 1. The van der Waals surface area contributed by atoms with Crippen LogP contribution in [0.25, 0.3) is 11.7 Å². The van der Waals surface area contributed by atoms with Crippen molar-refractivity contribution >= 4 is 23.4 Å². The number of nitrogens with two attached hydrogens (primary N) is 1. The lowest BCUT2D eigenvalue weighted by Gasteiger charge is -2.36. The number of aromatic nitrogens is 2. The molecular formula is C24H24N6O2. The largest absolute Gasteiger partial charge is 0.365 e. The summed E-state index contributed by atoms with van der Waals surface area (Å²) in [5.74, 6) is -0.405. The van der Waals surface area contributed by atoms with Crippen molar-refractivity contribution in [2.45, 2.75) is 13.5 Å². The first kappa shape index (κ1) is 21.3. The first-order valence-electron chi connectivity index (χ1n) is 10.4. The Hall–Kier alpha value is -3.96. The van der Waals surface area contributed by atoms with Crippen molar-refractivity contribution in [3.63, 3.8) is 0 Å². The summed E-state index contributed by atoms with van der Waals surface area (Å²) in [7, 11) is 0. The van der Waals surface area contributed by atoms with Gasteiger partial charge < -0.3 is 10.6 Å². The highest BCUT2D eigenvalue weighted by Gasteiger charge is 2.23. The fraction of sp³-hybridized carbons (Fsp3) is 0.250. The summed E-state index contributed by atoms with van der Waals surface area (Å²) >= 11 is 0. The zero-order valence-electron chi connectivity index (χ0n) is 17.9. The highest BCUT2D eigenvalue weighted by Crippen LogP contribution is 2.22. The van der Waals surface area contributed by atoms with Crippen molar-refractivity contribution in [1.29, 1.82) is 5.26 Å². The predicted octanol–water partition coefficient (Wildman–Crippen LogP) is 1.72. The number of nitrogens with zero attached hydrogens (tertiary/aromatic N) is 5. The number of hydrogen-bond acceptors (Lipinski definition) is 6. The van der Waals surface area contributed by atoms with E-state index in [1.165, 1.54) is 16.0 Å². The second-order valence-electron chi connectivity index (χ2n) is 7.82. The summed E-state index contributed by atoms with van der Waals surface area (Å²) in [6.07, 6.45) is 2.89. The molecule has 0 bridgehead atoms. The van der Waals surface area contributed by atoms with Crippen molar-refractivity contribution < 1.29 is 4.79 Å². The molecule has 32 heavy (non-hydrogen) atoms. The fourth-order valence-electron chi connectivity index (χ4n) is 3.93. The SMILES string of the molecule is Cc1cccn2c(=O)c(C=C(C#N)C(N)=O)c(N3CCN(Cc4ccccc4)CC3)nc12. The highest BCUT2D eigenvalue weighted by molar-refractivity contribution is 6.01. The van der Waals surface area contributed by atoms with Crippen LogP contribution >= 0.6 is 0 Å². The molecule has 0 spiro atoms. The van der Waals surface area contributed by atoms with Gasteiger partial charge in [-0.3, -0.25) is 18.9 Å². The van der Waals surface area contributed by atoms with Gasteiger partial charge in [0.1, 0.15) is 23.1 Å². The molecule has 0 saturated carbocycles. The van der Waals surface area contributed by atoms with Crippen LogP contribution in [0.15, 0.2) is 59.0 Å². The Bertz CT molecular complexity index is 1280. The van der Waals surface area contributed by atoms with Crippen molar-refractivity contribution in [2.75, 3.05) is 31.1 Å². The molecule has 1 aliphatic heterocycles. The van der Waals surface area contributed by atoms with Gasteiger partial charge in [0.05, 0.1) is 5.56 Å². The van der Waals surface area contributed by atoms with Gasteiger partial charge >= 0.3 is 0 Å². The molecular weight excluding hydrogens is 404 g/mol. The van der Waals surface area contributed by atoms with Crippen LogP contribution in [0.2, 0.25) is 0 Å². The second-order valence-corrected chi connectivity index (χ2v) is 7.82. The van der Waals surface area contributed by atoms with Crippen LogP contribution in [0.4, 0.5) is 5.82 Å². The van der Waals surface area contributed by atoms with E-state index in [4.69, 9.17) is 10.7 Å². The van der Waals surface area contributed by atoms with Crippen LogP contribution < -0.4 is 16.2 Å². The number of aryl methyl sites for hydroxylation is 1. The average Bonchev–Trinajstić information content (AvgIpc) is 2.80. The molecule has 162 valence electrons. The van der Waals surface area contributed by atoms with E-state index in [1.54, 1.807) is 18.3 Å². The third kappa shape index (κ3) is 4.24. The number of nitriles is 1. The molecule has 3 aromatic rings. The topological polar surface area (TPSA) is 108 Å². The molecule has 3 heterocycles. The van der Waals surface area contributed by atoms with E-state index >= 15 is 0 Å². The van der Waals surface area contributed by atoms with E-state index < -0.39 is 5.91 Å². The van der Waals surface area contributed by atoms with E-state index in [2.05, 4.69) is 17.0 Å². The maximum Gasteiger partial charge on any atom is 0.267 e. The summed E-state index contributed by atoms with van der Waals surface area (Å²) in [5, 5.41) is 9.31. The Labute approximate surface area is 185 Å². The van der Waals surface area contributed by atoms with Gasteiger partial charge in [-0.05, 0) is 30.2 Å². The van der Waals surface area contributed by atoms with Crippen molar-refractivity contribution in [2.24, 2.45) is 5.73 Å². The molecule has 2 N–H and O–H groups in total. The molecule has 2 aromatic heterocycles. The standard InChI is InChI=1S/C24H24N6O2/c1-17-6-5-9-30-22(17)27-23(20(24(30)32)14-19(15-25)21(26)31)29-12-10-28(11-13-29)16-18-7-3-2-4-8-18/h2-9,14H,10-13,16H2,1H3,(H2,26,31). The van der Waals surface area contributed by atoms with Gasteiger partial charge in [0.25, 0.3) is 11.5 Å². The smallest absolute Gasteiger partial charge is 0.267 e. The van der Waals surface area contributed by atoms with Crippen molar-refractivity contribution in [3.05, 3.63) is 81.3 Å². The molecule has 8 heteroatoms. The van der Waals surface area contributed by atoms with Crippen LogP contribution in [0.5, 0.6) is 0 Å². The van der Waals surface area contributed by atoms with Gasteiger partial charge in [0, 0.05) is 38.9 Å². The Morgan fingerprint density at radius 2 is 1.88 bits per heavy atom. The van der Waals surface area contributed by atoms with Gasteiger partial charge in [0.2, 0.25) is 0 Å². The molecule has 1 fully saturated rings. The molecule has 1 saturated heterocycles. The Morgan fingerprint density at radius 3 is 2.53 bits per heavy atom. The van der Waals surface area contributed by atoms with Gasteiger partial charge in [-0.25, -0.2) is 4.98 Å². The predicted molar refractivity (Wildman–Crippen MR) is 123 cm³/mol. The second kappa shape index (κ2) is 9.04. The number of carbonyl (C=O) groups is 1. The van der Waals surface area contributed by atoms with E-state index in [0.29, 0.717) is 24.6 Å². The summed E-state index contributed by atoms with van der Waals surface area (Å²) in [4.78, 5) is 34.1. The maximum atomic E-state index is 13.3. The minimum Gasteiger partial charge on any atom is -0.365 e. The third-order valence-electron chi connectivity index (χ3n) is 5.66. The van der Waals surface area contributed by atoms with Crippen LogP contribution in [-0.4, -0.2) is 46.4 Å². The van der Waals surface area contributed by atoms with Crippen LogP contribution in [0.1, 0.15) is 16.7 Å². The number of rotatable bonds is 5. The normalized spacial score (nSPS) is 15.0. The first-order valence-corrected chi connectivity index (χ1v) is 10.4. The number of pyridine rings is 1. The van der Waals surface area contributed by atoms with Crippen molar-refractivity contribution in [1.82, 2.24) is 14.3 Å². The fourth-order valence-corrected chi connectivity index (χ4v) is 3.93. The zero-order valence-corrected chi connectivity index (χ0v) is 17.9. The van der Waals surface area contributed by atoms with Gasteiger partial charge in [-0.2, -0.15) is 5.26 Å². The number of anilines is 1. The third-order valence-corrected chi connectivity index (χ3v) is 5.66. The van der Waals surface area contributed by atoms with Gasteiger partial charge in [-0.1, -0.05) is 36.4 Å². The molecule has 0 aliphatic carbocycles. The lowest BCUT2D eigenvalue weighted by Crippen LogP contribution is -2.47. The minimum absolute atomic E-state index is 0.194. The summed E-state index contributed by atoms with van der Waals surface area (Å²) in [6, 6.07) is 15.7. The summed E-state index contributed by atoms with van der Waals surface area (Å²) in [6.45, 7) is 5.68. The zero-order chi connectivity index (χ0) is 22.7. The molecule has 0 unspecified atom stereocenters. The Balaban J connectivity index is 1.71. The Morgan fingerprint density at radius 1 is 1.16 bits per heavy atom. The van der Waals surface area contributed by atoms with Crippen LogP contribution in [0, 0.1) is 18.3 Å². The number of carbonyl (C=O) groups excluding carboxylic acids is 1. The number of piperazine rings is 1. The lowest BCUT2D eigenvalue weighted by molar-refractivity contribution is -0.114. The van der Waals surface area contributed by atoms with E-state index in [9.17, 15) is 14.9 Å². The number of hydrogen-bond donors (Lipinski definition) is 1. The Kier molecular flexibility index (Phi) is 6.01. The summed E-state index contributed by atoms with van der Waals surface area (Å²) < 4.78 is 1.44. The molecule has 1 amide bonds. The monoisotopic (exact) mass is 428 g/mol. The lowest BCUT2D eigenvalue weighted by atomic mass is 10.1. The number of benzene rings is 1. The van der Waals surface area contributed by atoms with Gasteiger partial charge in [0.15, 0.2) is 0 Å². The van der Waals surface area contributed by atoms with Crippen molar-refractivity contribution in [3.8, 4) is 6.07 Å². The minimum atomic E-state index is -0.875. The maximum absolute atomic E-state index is 13.3. The van der Waals surface area contributed by atoms with E-state index in [0.717, 1.165) is 25.2 Å². The van der Waals surface area contributed by atoms with Gasteiger partial charge in [-0.15, -0.1) is 0 Å². The highest BCUT2D eigenvalue weighted by atomic mass is 16.1. The quantitative estimate of drug-likeness (QED) is 0.490. The molecule has 4 rings (SSSR count). The first-order chi connectivity index (χ1) is 15.5. The number of fused-ring (bicyclic) bond motifs is 1. The van der Waals surface area contributed by atoms with Crippen LogP contribution in [-0.2, 0) is 11.3 Å². The molecule has 1 aromatic carbocycles. The molecule has 0 radical (unpaired) electrons.